The summed E-state index contributed by atoms with van der Waals surface area (Å²) in [5.74, 6) is -1.17. The summed E-state index contributed by atoms with van der Waals surface area (Å²) in [4.78, 5) is 11.0. The molecule has 0 aliphatic rings. The zero-order valence-corrected chi connectivity index (χ0v) is 13.6. The van der Waals surface area contributed by atoms with Crippen LogP contribution in [0.5, 0.6) is 0 Å². The average molecular weight is 362 g/mol. The summed E-state index contributed by atoms with van der Waals surface area (Å²) >= 11 is 3.18. The van der Waals surface area contributed by atoms with Gasteiger partial charge < -0.3 is 5.11 Å². The number of nitrogens with one attached hydrogen (secondary N) is 1. The zero-order chi connectivity index (χ0) is 15.3. The highest BCUT2D eigenvalue weighted by atomic mass is 79.9. The van der Waals surface area contributed by atoms with Crippen LogP contribution in [0.1, 0.15) is 29.3 Å². The van der Waals surface area contributed by atoms with Gasteiger partial charge in [0.1, 0.15) is 0 Å². The third-order valence-corrected chi connectivity index (χ3v) is 5.08. The zero-order valence-electron chi connectivity index (χ0n) is 11.2. The minimum absolute atomic E-state index is 0.0234. The molecule has 0 aromatic heterocycles. The SMILES string of the molecule is C/C=C/CCNS(=O)(=O)c1cc(C(=O)O)cc(Br)c1C. The predicted octanol–water partition coefficient (Wildman–Crippen LogP) is 2.70. The van der Waals surface area contributed by atoms with E-state index >= 15 is 0 Å². The molecule has 1 rings (SSSR count). The fraction of sp³-hybridized carbons (Fsp3) is 0.308. The molecule has 20 heavy (non-hydrogen) atoms. The maximum atomic E-state index is 12.2. The molecule has 0 unspecified atom stereocenters. The number of hydrogen-bond donors (Lipinski definition) is 2. The van der Waals surface area contributed by atoms with Crippen LogP contribution in [0.15, 0.2) is 33.7 Å². The smallest absolute Gasteiger partial charge is 0.335 e. The van der Waals surface area contributed by atoms with Gasteiger partial charge in [0.2, 0.25) is 10.0 Å². The summed E-state index contributed by atoms with van der Waals surface area (Å²) in [5, 5.41) is 8.99. The first-order chi connectivity index (χ1) is 9.29. The van der Waals surface area contributed by atoms with Gasteiger partial charge in [-0.2, -0.15) is 0 Å². The lowest BCUT2D eigenvalue weighted by Crippen LogP contribution is -2.25. The molecule has 7 heteroatoms. The van der Waals surface area contributed by atoms with E-state index in [4.69, 9.17) is 5.11 Å². The van der Waals surface area contributed by atoms with Crippen LogP contribution in [0.3, 0.4) is 0 Å². The Kier molecular flexibility index (Phi) is 5.91. The standard InChI is InChI=1S/C13H16BrNO4S/c1-3-4-5-6-15-20(18,19)12-8-10(13(16)17)7-11(14)9(12)2/h3-4,7-8,15H,5-6H2,1-2H3,(H,16,17)/b4-3+. The van der Waals surface area contributed by atoms with E-state index in [9.17, 15) is 13.2 Å². The number of rotatable bonds is 6. The van der Waals surface area contributed by atoms with Gasteiger partial charge in [0.05, 0.1) is 10.5 Å². The fourth-order valence-corrected chi connectivity index (χ4v) is 3.51. The number of aromatic carboxylic acids is 1. The second-order valence-electron chi connectivity index (χ2n) is 4.14. The van der Waals surface area contributed by atoms with E-state index in [1.165, 1.54) is 12.1 Å². The average Bonchev–Trinajstić information content (AvgIpc) is 2.37. The maximum absolute atomic E-state index is 12.2. The van der Waals surface area contributed by atoms with Crippen molar-refractivity contribution >= 4 is 31.9 Å². The van der Waals surface area contributed by atoms with Crippen molar-refractivity contribution in [2.24, 2.45) is 0 Å². The van der Waals surface area contributed by atoms with Crippen LogP contribution in [0.4, 0.5) is 0 Å². The Morgan fingerprint density at radius 2 is 2.10 bits per heavy atom. The summed E-state index contributed by atoms with van der Waals surface area (Å²) in [6, 6.07) is 2.55. The van der Waals surface area contributed by atoms with Gasteiger partial charge in [-0.3, -0.25) is 0 Å². The second-order valence-corrected chi connectivity index (χ2v) is 6.73. The first-order valence-corrected chi connectivity index (χ1v) is 8.21. The first kappa shape index (κ1) is 16.9. The van der Waals surface area contributed by atoms with Crippen LogP contribution < -0.4 is 4.72 Å². The van der Waals surface area contributed by atoms with Crippen LogP contribution in [0.2, 0.25) is 0 Å². The number of allylic oxidation sites excluding steroid dienone is 1. The van der Waals surface area contributed by atoms with Crippen molar-refractivity contribution in [3.63, 3.8) is 0 Å². The molecular weight excluding hydrogens is 346 g/mol. The number of carbonyl (C=O) groups is 1. The fourth-order valence-electron chi connectivity index (χ4n) is 1.58. The number of carboxylic acid groups (broad SMARTS) is 1. The molecule has 0 bridgehead atoms. The molecule has 0 radical (unpaired) electrons. The quantitative estimate of drug-likeness (QED) is 0.602. The number of sulfonamides is 1. The van der Waals surface area contributed by atoms with Crippen molar-refractivity contribution in [3.05, 3.63) is 39.9 Å². The molecule has 0 atom stereocenters. The van der Waals surface area contributed by atoms with Crippen molar-refractivity contribution < 1.29 is 18.3 Å². The van der Waals surface area contributed by atoms with Crippen LogP contribution in [0.25, 0.3) is 0 Å². The first-order valence-electron chi connectivity index (χ1n) is 5.94. The van der Waals surface area contributed by atoms with Gasteiger partial charge in [0.15, 0.2) is 0 Å². The number of hydrogen-bond acceptors (Lipinski definition) is 3. The molecule has 1 aromatic carbocycles. The summed E-state index contributed by atoms with van der Waals surface area (Å²) < 4.78 is 27.3. The van der Waals surface area contributed by atoms with Crippen LogP contribution in [-0.2, 0) is 10.0 Å². The largest absolute Gasteiger partial charge is 0.478 e. The van der Waals surface area contributed by atoms with Crippen LogP contribution in [0, 0.1) is 6.92 Å². The van der Waals surface area contributed by atoms with Gasteiger partial charge in [-0.05, 0) is 38.0 Å². The van der Waals surface area contributed by atoms with Crippen LogP contribution in [-0.4, -0.2) is 26.0 Å². The molecule has 0 saturated carbocycles. The van der Waals surface area contributed by atoms with Crippen molar-refractivity contribution in [2.75, 3.05) is 6.54 Å². The van der Waals surface area contributed by atoms with E-state index in [-0.39, 0.29) is 17.0 Å². The topological polar surface area (TPSA) is 83.5 Å². The number of halogens is 1. The van der Waals surface area contributed by atoms with Crippen molar-refractivity contribution in [3.8, 4) is 0 Å². The molecule has 110 valence electrons. The Labute approximate surface area is 126 Å². The number of carboxylic acids is 1. The number of benzene rings is 1. The Morgan fingerprint density at radius 3 is 2.65 bits per heavy atom. The van der Waals surface area contributed by atoms with Gasteiger partial charge >= 0.3 is 5.97 Å². The highest BCUT2D eigenvalue weighted by Gasteiger charge is 2.20. The molecule has 0 fully saturated rings. The third-order valence-electron chi connectivity index (χ3n) is 2.67. The normalized spacial score (nSPS) is 11.9. The molecular formula is C13H16BrNO4S. The summed E-state index contributed by atoms with van der Waals surface area (Å²) in [7, 11) is -3.73. The second kappa shape index (κ2) is 7.01. The minimum atomic E-state index is -3.73. The Balaban J connectivity index is 3.13. The van der Waals surface area contributed by atoms with Gasteiger partial charge in [-0.15, -0.1) is 0 Å². The molecule has 0 heterocycles. The Morgan fingerprint density at radius 1 is 1.45 bits per heavy atom. The van der Waals surface area contributed by atoms with E-state index in [1.807, 2.05) is 19.1 Å². The summed E-state index contributed by atoms with van der Waals surface area (Å²) in [6.07, 6.45) is 4.26. The molecule has 0 amide bonds. The van der Waals surface area contributed by atoms with E-state index in [0.29, 0.717) is 16.5 Å². The lowest BCUT2D eigenvalue weighted by atomic mass is 10.1. The summed E-state index contributed by atoms with van der Waals surface area (Å²) in [6.45, 7) is 3.74. The van der Waals surface area contributed by atoms with Gasteiger partial charge in [-0.1, -0.05) is 28.1 Å². The molecule has 0 spiro atoms. The van der Waals surface area contributed by atoms with Crippen molar-refractivity contribution in [1.29, 1.82) is 0 Å². The highest BCUT2D eigenvalue weighted by Crippen LogP contribution is 2.25. The molecule has 2 N–H and O–H groups in total. The lowest BCUT2D eigenvalue weighted by molar-refractivity contribution is 0.0696. The van der Waals surface area contributed by atoms with Crippen LogP contribution >= 0.6 is 15.9 Å². The van der Waals surface area contributed by atoms with Gasteiger partial charge in [0.25, 0.3) is 0 Å². The monoisotopic (exact) mass is 361 g/mol. The lowest BCUT2D eigenvalue weighted by Gasteiger charge is -2.11. The van der Waals surface area contributed by atoms with E-state index in [2.05, 4.69) is 20.7 Å². The molecule has 1 aromatic rings. The Bertz CT molecular complexity index is 638. The predicted molar refractivity (Wildman–Crippen MR) is 80.5 cm³/mol. The maximum Gasteiger partial charge on any atom is 0.335 e. The molecule has 0 aliphatic carbocycles. The van der Waals surface area contributed by atoms with Gasteiger partial charge in [-0.25, -0.2) is 17.9 Å². The van der Waals surface area contributed by atoms with Gasteiger partial charge in [0, 0.05) is 11.0 Å². The highest BCUT2D eigenvalue weighted by molar-refractivity contribution is 9.10. The van der Waals surface area contributed by atoms with E-state index < -0.39 is 16.0 Å². The molecule has 5 nitrogen and oxygen atoms in total. The molecule has 0 aliphatic heterocycles. The van der Waals surface area contributed by atoms with Crippen molar-refractivity contribution in [1.82, 2.24) is 4.72 Å². The van der Waals surface area contributed by atoms with E-state index in [1.54, 1.807) is 6.92 Å². The Hall–Kier alpha value is -1.18. The third kappa shape index (κ3) is 4.16. The van der Waals surface area contributed by atoms with E-state index in [0.717, 1.165) is 0 Å². The minimum Gasteiger partial charge on any atom is -0.478 e. The molecule has 0 saturated heterocycles. The van der Waals surface area contributed by atoms with Crippen molar-refractivity contribution in [2.45, 2.75) is 25.2 Å². The summed E-state index contributed by atoms with van der Waals surface area (Å²) in [5.41, 5.74) is 0.407.